The largest absolute Gasteiger partial charge is 0.497 e. The fourth-order valence-corrected chi connectivity index (χ4v) is 13.0. The molecule has 392 valence electrons. The van der Waals surface area contributed by atoms with E-state index in [1.165, 1.54) is 37.1 Å². The quantitative estimate of drug-likeness (QED) is 0.0890. The molecule has 9 aromatic heterocycles. The highest BCUT2D eigenvalue weighted by molar-refractivity contribution is 7.16. The van der Waals surface area contributed by atoms with Crippen LogP contribution in [0.4, 0.5) is 33.2 Å². The number of ether oxygens (including phenoxy) is 2. The average Bonchev–Trinajstić information content (AvgIpc) is 4.47. The fourth-order valence-electron chi connectivity index (χ4n) is 9.74. The van der Waals surface area contributed by atoms with Crippen LogP contribution >= 0.6 is 34.0 Å². The van der Waals surface area contributed by atoms with Crippen LogP contribution in [0.5, 0.6) is 11.5 Å². The van der Waals surface area contributed by atoms with E-state index >= 15 is 0 Å². The van der Waals surface area contributed by atoms with E-state index in [2.05, 4.69) is 122 Å². The molecule has 4 N–H and O–H groups in total. The van der Waals surface area contributed by atoms with E-state index in [1.54, 1.807) is 104 Å². The summed E-state index contributed by atoms with van der Waals surface area (Å²) >= 11 is 4.98. The molecule has 3 aliphatic rings. The van der Waals surface area contributed by atoms with Crippen molar-refractivity contribution in [2.24, 2.45) is 0 Å². The predicted molar refractivity (Wildman–Crippen MR) is 303 cm³/mol. The van der Waals surface area contributed by atoms with Crippen molar-refractivity contribution < 1.29 is 9.47 Å². The zero-order valence-corrected chi connectivity index (χ0v) is 45.6. The van der Waals surface area contributed by atoms with Gasteiger partial charge >= 0.3 is 0 Å². The lowest BCUT2D eigenvalue weighted by Crippen LogP contribution is -2.14. The summed E-state index contributed by atoms with van der Waals surface area (Å²) in [6.45, 7) is 8.12. The summed E-state index contributed by atoms with van der Waals surface area (Å²) in [5.41, 5.74) is 12.3. The first-order valence-corrected chi connectivity index (χ1v) is 27.7. The van der Waals surface area contributed by atoms with Crippen LogP contribution < -0.4 is 25.4 Å². The standard InChI is InChI=1S/2C21H20N6OS.C13H12N6S/c1-13-10-17-18(25-21(29-17)26-20-22-8-3-9-23-20)16-11-24-27(19(13)16)12-14-4-6-15(28-2)7-5-14;1-13-10-17-19(24-21(29-17)25-20-22-8-3-9-23-20)16-12-27(26-18(13)16)11-14-4-6-15(28-2)7-5-14;1-7-5-9-11(8-6-16-19-10(7)8)17-13(20-9)18-12-14-3-2-4-15-12/h3-9,11,13H,10,12H2,1-2H3,(H,22,23,25,26);3-9,12-13H,10-11H2,1-2H3,(H,22,23,24,25);2-4,6-7H,5H2,1H3,(H,16,19)(H,14,15,17,18). The van der Waals surface area contributed by atoms with E-state index in [1.807, 2.05) is 41.3 Å². The number of rotatable bonds is 12. The molecule has 9 heterocycles. The van der Waals surface area contributed by atoms with Crippen molar-refractivity contribution >= 4 is 67.3 Å². The summed E-state index contributed by atoms with van der Waals surface area (Å²) in [5.74, 6) is 4.58. The van der Waals surface area contributed by atoms with Crippen molar-refractivity contribution in [2.45, 2.75) is 70.9 Å². The second kappa shape index (κ2) is 22.0. The van der Waals surface area contributed by atoms with Gasteiger partial charge in [-0.1, -0.05) is 45.0 Å². The molecule has 0 spiro atoms. The summed E-state index contributed by atoms with van der Waals surface area (Å²) in [6.07, 6.45) is 19.1. The molecule has 0 aliphatic heterocycles. The van der Waals surface area contributed by atoms with Crippen molar-refractivity contribution in [2.75, 3.05) is 30.2 Å². The predicted octanol–water partition coefficient (Wildman–Crippen LogP) is 11.2. The molecule has 0 saturated heterocycles. The summed E-state index contributed by atoms with van der Waals surface area (Å²) in [5, 5.41) is 28.8. The second-order valence-corrected chi connectivity index (χ2v) is 22.2. The maximum atomic E-state index is 5.25. The summed E-state index contributed by atoms with van der Waals surface area (Å²) < 4.78 is 14.6. The molecule has 0 radical (unpaired) electrons. The van der Waals surface area contributed by atoms with E-state index in [0.29, 0.717) is 42.1 Å². The number of H-pyrrole nitrogens is 1. The van der Waals surface area contributed by atoms with Gasteiger partial charge in [0.2, 0.25) is 17.8 Å². The number of hydrogen-bond donors (Lipinski definition) is 4. The Morgan fingerprint density at radius 3 is 1.53 bits per heavy atom. The number of methoxy groups -OCH3 is 2. The Morgan fingerprint density at radius 1 is 0.551 bits per heavy atom. The monoisotopic (exact) mass is 1090 g/mol. The summed E-state index contributed by atoms with van der Waals surface area (Å²) in [6, 6.07) is 21.6. The number of anilines is 6. The van der Waals surface area contributed by atoms with E-state index < -0.39 is 0 Å². The van der Waals surface area contributed by atoms with Crippen LogP contribution in [-0.4, -0.2) is 88.8 Å². The number of nitrogens with one attached hydrogen (secondary N) is 4. The molecular formula is C55H52N18O2S3. The van der Waals surface area contributed by atoms with Crippen molar-refractivity contribution in [1.29, 1.82) is 0 Å². The van der Waals surface area contributed by atoms with Crippen LogP contribution in [0.3, 0.4) is 0 Å². The third-order valence-electron chi connectivity index (χ3n) is 13.4. The lowest BCUT2D eigenvalue weighted by Gasteiger charge is -2.20. The third-order valence-corrected chi connectivity index (χ3v) is 16.4. The van der Waals surface area contributed by atoms with Crippen LogP contribution in [-0.2, 0) is 32.4 Å². The highest BCUT2D eigenvalue weighted by atomic mass is 32.1. The molecule has 3 aliphatic carbocycles. The maximum Gasteiger partial charge on any atom is 0.228 e. The van der Waals surface area contributed by atoms with Crippen molar-refractivity contribution in [3.05, 3.63) is 165 Å². The minimum Gasteiger partial charge on any atom is -0.497 e. The van der Waals surface area contributed by atoms with E-state index in [-0.39, 0.29) is 0 Å². The normalized spacial score (nSPS) is 15.3. The molecule has 0 bridgehead atoms. The molecule has 78 heavy (non-hydrogen) atoms. The SMILES string of the molecule is CC1Cc2sc(Nc3ncccn3)nc2-c2cn[nH]c21.COc1ccc(Cn2cc3c(n2)C(C)Cc2sc(Nc4ncccn4)nc2-3)cc1.COc1ccc(Cn2ncc3c2C(C)Cc2sc(Nc4ncccn4)nc2-3)cc1. The van der Waals surface area contributed by atoms with Crippen LogP contribution in [0.1, 0.15) is 81.4 Å². The lowest BCUT2D eigenvalue weighted by molar-refractivity contribution is 0.414. The van der Waals surface area contributed by atoms with Gasteiger partial charge in [0, 0.05) is 98.1 Å². The van der Waals surface area contributed by atoms with Gasteiger partial charge < -0.3 is 25.4 Å². The van der Waals surface area contributed by atoms with Crippen molar-refractivity contribution in [3.8, 4) is 45.3 Å². The number of benzene rings is 2. The van der Waals surface area contributed by atoms with Crippen molar-refractivity contribution in [1.82, 2.24) is 74.6 Å². The molecule has 0 fully saturated rings. The zero-order valence-electron chi connectivity index (χ0n) is 43.1. The van der Waals surface area contributed by atoms with E-state index in [9.17, 15) is 0 Å². The highest BCUT2D eigenvalue weighted by Gasteiger charge is 2.32. The van der Waals surface area contributed by atoms with Crippen LogP contribution in [0.25, 0.3) is 33.8 Å². The van der Waals surface area contributed by atoms with E-state index in [4.69, 9.17) is 24.5 Å². The number of fused-ring (bicyclic) bond motifs is 9. The Bertz CT molecular complexity index is 3720. The Kier molecular flexibility index (Phi) is 14.1. The molecule has 0 saturated carbocycles. The van der Waals surface area contributed by atoms with Crippen LogP contribution in [0.15, 0.2) is 123 Å². The topological polar surface area (TPSA) is 235 Å². The molecule has 20 nitrogen and oxygen atoms in total. The Hall–Kier alpha value is -8.80. The van der Waals surface area contributed by atoms with Gasteiger partial charge in [0.1, 0.15) is 11.5 Å². The Balaban J connectivity index is 0.000000119. The molecule has 0 amide bonds. The Labute approximate surface area is 460 Å². The summed E-state index contributed by atoms with van der Waals surface area (Å²) in [7, 11) is 3.36. The third kappa shape index (κ3) is 10.7. The van der Waals surface area contributed by atoms with Gasteiger partial charge in [-0.05, 0) is 72.9 Å². The fraction of sp³-hybridized carbons (Fsp3) is 0.236. The summed E-state index contributed by atoms with van der Waals surface area (Å²) in [4.78, 5) is 43.3. The maximum absolute atomic E-state index is 5.25. The molecule has 3 unspecified atom stereocenters. The van der Waals surface area contributed by atoms with Gasteiger partial charge in [0.05, 0.1) is 68.2 Å². The lowest BCUT2D eigenvalue weighted by atomic mass is 9.91. The molecule has 11 aromatic rings. The Morgan fingerprint density at radius 2 is 1.01 bits per heavy atom. The second-order valence-electron chi connectivity index (χ2n) is 18.9. The number of thiazole rings is 3. The highest BCUT2D eigenvalue weighted by Crippen LogP contribution is 2.45. The molecular weight excluding hydrogens is 1040 g/mol. The van der Waals surface area contributed by atoms with Crippen LogP contribution in [0.2, 0.25) is 0 Å². The molecule has 3 atom stereocenters. The first-order valence-electron chi connectivity index (χ1n) is 25.3. The minimum absolute atomic E-state index is 0.357. The van der Waals surface area contributed by atoms with Gasteiger partial charge in [0.15, 0.2) is 15.4 Å². The van der Waals surface area contributed by atoms with E-state index in [0.717, 1.165) is 92.2 Å². The molecule has 14 rings (SSSR count). The van der Waals surface area contributed by atoms with Gasteiger partial charge in [-0.3, -0.25) is 14.5 Å². The first-order chi connectivity index (χ1) is 38.2. The van der Waals surface area contributed by atoms with Gasteiger partial charge in [-0.15, -0.1) is 34.0 Å². The number of nitrogens with zero attached hydrogens (tertiary/aromatic N) is 14. The van der Waals surface area contributed by atoms with Gasteiger partial charge in [-0.2, -0.15) is 15.3 Å². The number of aromatic amines is 1. The number of hydrogen-bond acceptors (Lipinski definition) is 20. The minimum atomic E-state index is 0.357. The smallest absolute Gasteiger partial charge is 0.228 e. The van der Waals surface area contributed by atoms with Crippen LogP contribution in [0, 0.1) is 0 Å². The van der Waals surface area contributed by atoms with Gasteiger partial charge in [0.25, 0.3) is 0 Å². The average molecular weight is 1090 g/mol. The first kappa shape index (κ1) is 50.0. The number of aromatic nitrogens is 15. The van der Waals surface area contributed by atoms with Gasteiger partial charge in [-0.25, -0.2) is 44.9 Å². The molecule has 2 aromatic carbocycles. The molecule has 23 heteroatoms. The van der Waals surface area contributed by atoms with Crippen molar-refractivity contribution in [3.63, 3.8) is 0 Å². The zero-order chi connectivity index (χ0) is 53.1.